The SMILES string of the molecule is COC(=O)C1=CN(C)C=C(C(=O)OC)C1CC(Cl)C#N. The number of nitrogens with zero attached hydrogens (tertiary/aromatic N) is 2. The van der Waals surface area contributed by atoms with Gasteiger partial charge in [0.2, 0.25) is 0 Å². The maximum atomic E-state index is 11.8. The van der Waals surface area contributed by atoms with Crippen molar-refractivity contribution in [1.29, 1.82) is 5.26 Å². The van der Waals surface area contributed by atoms with Crippen LogP contribution in [-0.4, -0.2) is 43.5 Å². The van der Waals surface area contributed by atoms with Crippen molar-refractivity contribution < 1.29 is 19.1 Å². The molecule has 1 unspecified atom stereocenters. The maximum absolute atomic E-state index is 11.8. The zero-order chi connectivity index (χ0) is 15.3. The lowest BCUT2D eigenvalue weighted by molar-refractivity contribution is -0.137. The van der Waals surface area contributed by atoms with E-state index in [0.29, 0.717) is 0 Å². The summed E-state index contributed by atoms with van der Waals surface area (Å²) >= 11 is 5.83. The molecule has 0 aromatic carbocycles. The number of carbonyl (C=O) groups is 2. The molecular weight excluding hydrogens is 284 g/mol. The first-order chi connectivity index (χ1) is 9.44. The Morgan fingerprint density at radius 2 is 1.80 bits per heavy atom. The van der Waals surface area contributed by atoms with Crippen LogP contribution in [0.3, 0.4) is 0 Å². The Morgan fingerprint density at radius 3 is 2.15 bits per heavy atom. The van der Waals surface area contributed by atoms with Crippen molar-refractivity contribution in [1.82, 2.24) is 4.90 Å². The van der Waals surface area contributed by atoms with Crippen molar-refractivity contribution in [2.45, 2.75) is 11.8 Å². The van der Waals surface area contributed by atoms with Gasteiger partial charge in [0, 0.05) is 25.4 Å². The highest BCUT2D eigenvalue weighted by Gasteiger charge is 2.34. The quantitative estimate of drug-likeness (QED) is 0.573. The molecule has 0 amide bonds. The number of hydrogen-bond acceptors (Lipinski definition) is 6. The lowest BCUT2D eigenvalue weighted by atomic mass is 9.85. The number of esters is 2. The molecule has 0 spiro atoms. The fourth-order valence-corrected chi connectivity index (χ4v) is 2.14. The van der Waals surface area contributed by atoms with Crippen molar-refractivity contribution in [3.8, 4) is 6.07 Å². The molecule has 0 aliphatic carbocycles. The molecule has 6 nitrogen and oxygen atoms in total. The van der Waals surface area contributed by atoms with Gasteiger partial charge in [-0.2, -0.15) is 5.26 Å². The summed E-state index contributed by atoms with van der Waals surface area (Å²) in [6.07, 6.45) is 3.21. The molecule has 1 aliphatic rings. The Kier molecular flexibility index (Phi) is 5.59. The zero-order valence-corrected chi connectivity index (χ0v) is 12.2. The first-order valence-corrected chi connectivity index (χ1v) is 6.23. The van der Waals surface area contributed by atoms with Crippen LogP contribution in [0, 0.1) is 17.2 Å². The van der Waals surface area contributed by atoms with Gasteiger partial charge in [-0.1, -0.05) is 0 Å². The van der Waals surface area contributed by atoms with Gasteiger partial charge in [0.05, 0.1) is 31.4 Å². The van der Waals surface area contributed by atoms with E-state index < -0.39 is 23.2 Å². The van der Waals surface area contributed by atoms with Crippen LogP contribution in [0.5, 0.6) is 0 Å². The highest BCUT2D eigenvalue weighted by Crippen LogP contribution is 2.32. The second kappa shape index (κ2) is 6.96. The van der Waals surface area contributed by atoms with Crippen molar-refractivity contribution in [3.05, 3.63) is 23.5 Å². The van der Waals surface area contributed by atoms with E-state index in [9.17, 15) is 9.59 Å². The van der Waals surface area contributed by atoms with E-state index in [1.54, 1.807) is 24.3 Å². The molecule has 0 radical (unpaired) electrons. The number of alkyl halides is 1. The summed E-state index contributed by atoms with van der Waals surface area (Å²) in [5.74, 6) is -1.77. The summed E-state index contributed by atoms with van der Waals surface area (Å²) in [5.41, 5.74) is 0.526. The molecule has 1 rings (SSSR count). The van der Waals surface area contributed by atoms with Crippen LogP contribution in [0.1, 0.15) is 6.42 Å². The molecule has 0 aromatic rings. The maximum Gasteiger partial charge on any atom is 0.335 e. The molecule has 7 heteroatoms. The predicted octanol–water partition coefficient (Wildman–Crippen LogP) is 1.18. The molecule has 0 fully saturated rings. The highest BCUT2D eigenvalue weighted by atomic mass is 35.5. The largest absolute Gasteiger partial charge is 0.466 e. The average Bonchev–Trinajstić information content (AvgIpc) is 2.46. The Bertz CT molecular complexity index is 473. The van der Waals surface area contributed by atoms with Crippen LogP contribution in [0.2, 0.25) is 0 Å². The van der Waals surface area contributed by atoms with Gasteiger partial charge in [0.15, 0.2) is 0 Å². The van der Waals surface area contributed by atoms with E-state index in [4.69, 9.17) is 26.3 Å². The minimum Gasteiger partial charge on any atom is -0.466 e. The number of nitriles is 1. The summed E-state index contributed by atoms with van der Waals surface area (Å²) < 4.78 is 9.41. The fraction of sp³-hybridized carbons (Fsp3) is 0.462. The Balaban J connectivity index is 3.19. The lowest BCUT2D eigenvalue weighted by Crippen LogP contribution is -2.29. The molecule has 1 heterocycles. The Labute approximate surface area is 122 Å². The third-order valence-electron chi connectivity index (χ3n) is 2.86. The third kappa shape index (κ3) is 3.52. The van der Waals surface area contributed by atoms with E-state index in [2.05, 4.69) is 0 Å². The first kappa shape index (κ1) is 16.1. The van der Waals surface area contributed by atoms with E-state index in [-0.39, 0.29) is 17.6 Å². The number of ether oxygens (including phenoxy) is 2. The van der Waals surface area contributed by atoms with Crippen LogP contribution in [0.25, 0.3) is 0 Å². The van der Waals surface area contributed by atoms with Gasteiger partial charge in [-0.3, -0.25) is 0 Å². The standard InChI is InChI=1S/C13H15ClN2O4/c1-16-6-10(12(17)19-2)9(4-8(14)5-15)11(7-16)13(18)20-3/h6-9H,4H2,1-3H3. The first-order valence-electron chi connectivity index (χ1n) is 5.80. The second-order valence-corrected chi connectivity index (χ2v) is 4.73. The molecule has 1 atom stereocenters. The number of rotatable bonds is 4. The molecule has 0 saturated heterocycles. The van der Waals surface area contributed by atoms with Crippen LogP contribution in [0.15, 0.2) is 23.5 Å². The minimum atomic E-state index is -0.829. The zero-order valence-electron chi connectivity index (χ0n) is 11.4. The lowest BCUT2D eigenvalue weighted by Gasteiger charge is -2.27. The van der Waals surface area contributed by atoms with Crippen LogP contribution in [0.4, 0.5) is 0 Å². The van der Waals surface area contributed by atoms with Gasteiger partial charge in [0.25, 0.3) is 0 Å². The average molecular weight is 299 g/mol. The minimum absolute atomic E-state index is 0.119. The summed E-state index contributed by atoms with van der Waals surface area (Å²) in [5, 5.41) is 7.99. The highest BCUT2D eigenvalue weighted by molar-refractivity contribution is 6.22. The number of carbonyl (C=O) groups excluding carboxylic acids is 2. The van der Waals surface area contributed by atoms with Gasteiger partial charge >= 0.3 is 11.9 Å². The fourth-order valence-electron chi connectivity index (χ4n) is 1.96. The molecular formula is C13H15ClN2O4. The Morgan fingerprint density at radius 1 is 1.35 bits per heavy atom. The summed E-state index contributed by atoms with van der Waals surface area (Å²) in [4.78, 5) is 25.2. The van der Waals surface area contributed by atoms with Gasteiger partial charge in [0.1, 0.15) is 5.38 Å². The van der Waals surface area contributed by atoms with Crippen LogP contribution in [-0.2, 0) is 19.1 Å². The molecule has 0 aromatic heterocycles. The summed E-state index contributed by atoms with van der Waals surface area (Å²) in [6, 6.07) is 1.87. The van der Waals surface area contributed by atoms with Crippen molar-refractivity contribution >= 4 is 23.5 Å². The van der Waals surface area contributed by atoms with E-state index >= 15 is 0 Å². The van der Waals surface area contributed by atoms with Crippen molar-refractivity contribution in [2.24, 2.45) is 5.92 Å². The van der Waals surface area contributed by atoms with Gasteiger partial charge in [-0.25, -0.2) is 9.59 Å². The predicted molar refractivity (Wildman–Crippen MR) is 71.3 cm³/mol. The molecule has 0 bridgehead atoms. The molecule has 20 heavy (non-hydrogen) atoms. The van der Waals surface area contributed by atoms with Crippen molar-refractivity contribution in [3.63, 3.8) is 0 Å². The second-order valence-electron chi connectivity index (χ2n) is 4.20. The van der Waals surface area contributed by atoms with Crippen LogP contribution >= 0.6 is 11.6 Å². The number of hydrogen-bond donors (Lipinski definition) is 0. The number of methoxy groups -OCH3 is 2. The van der Waals surface area contributed by atoms with Crippen molar-refractivity contribution in [2.75, 3.05) is 21.3 Å². The monoisotopic (exact) mass is 298 g/mol. The molecule has 0 saturated carbocycles. The molecule has 108 valence electrons. The molecule has 0 N–H and O–H groups in total. The third-order valence-corrected chi connectivity index (χ3v) is 3.14. The van der Waals surface area contributed by atoms with Gasteiger partial charge in [-0.05, 0) is 6.42 Å². The van der Waals surface area contributed by atoms with Crippen LogP contribution < -0.4 is 0 Å². The smallest absolute Gasteiger partial charge is 0.335 e. The summed E-state index contributed by atoms with van der Waals surface area (Å²) in [7, 11) is 4.17. The molecule has 1 aliphatic heterocycles. The van der Waals surface area contributed by atoms with E-state index in [1.807, 2.05) is 6.07 Å². The topological polar surface area (TPSA) is 79.6 Å². The number of halogens is 1. The Hall–Kier alpha value is -2.00. The van der Waals surface area contributed by atoms with E-state index in [1.165, 1.54) is 14.2 Å². The van der Waals surface area contributed by atoms with Gasteiger partial charge < -0.3 is 14.4 Å². The van der Waals surface area contributed by atoms with Gasteiger partial charge in [-0.15, -0.1) is 11.6 Å². The normalized spacial score (nSPS) is 16.6. The summed E-state index contributed by atoms with van der Waals surface area (Å²) in [6.45, 7) is 0. The van der Waals surface area contributed by atoms with E-state index in [0.717, 1.165) is 0 Å².